The summed E-state index contributed by atoms with van der Waals surface area (Å²) in [5.74, 6) is -0.709. The zero-order valence-electron chi connectivity index (χ0n) is 20.9. The van der Waals surface area contributed by atoms with Crippen molar-refractivity contribution in [2.24, 2.45) is 0 Å². The number of halogens is 2. The van der Waals surface area contributed by atoms with Crippen LogP contribution >= 0.6 is 11.6 Å². The summed E-state index contributed by atoms with van der Waals surface area (Å²) in [5, 5.41) is 15.6. The number of anilines is 2. The number of urea groups is 1. The van der Waals surface area contributed by atoms with Crippen molar-refractivity contribution in [1.29, 1.82) is 0 Å². The highest BCUT2D eigenvalue weighted by atomic mass is 35.5. The minimum absolute atomic E-state index is 0.0441. The molecule has 4 aromatic carbocycles. The molecule has 0 aliphatic carbocycles. The van der Waals surface area contributed by atoms with E-state index < -0.39 is 23.9 Å². The second-order valence-electron chi connectivity index (χ2n) is 8.27. The van der Waals surface area contributed by atoms with Gasteiger partial charge in [-0.05, 0) is 65.7 Å². The number of rotatable bonds is 9. The lowest BCUT2D eigenvalue weighted by Crippen LogP contribution is -2.20. The van der Waals surface area contributed by atoms with E-state index >= 15 is 0 Å². The van der Waals surface area contributed by atoms with E-state index in [-0.39, 0.29) is 17.0 Å². The standard InChI is InChI=1S/C29H24ClFN2O6/c1-37-25-13-11-22(16-26(25)38-2)33-29(36)32-21-10-12-24(23(15-21)28(34)35)39-27(17-6-8-20(31)9-7-17)18-4-3-5-19(30)14-18/h3-16,27H,1-2H3,(H,34,35)(H2,32,33,36). The molecule has 4 aromatic rings. The lowest BCUT2D eigenvalue weighted by atomic mass is 10.0. The third kappa shape index (κ3) is 6.77. The molecule has 200 valence electrons. The van der Waals surface area contributed by atoms with E-state index in [1.807, 2.05) is 0 Å². The SMILES string of the molecule is COc1ccc(NC(=O)Nc2ccc(OC(c3ccc(F)cc3)c3cccc(Cl)c3)c(C(=O)O)c2)cc1OC. The van der Waals surface area contributed by atoms with Crippen LogP contribution in [0.5, 0.6) is 17.2 Å². The molecule has 2 amide bonds. The van der Waals surface area contributed by atoms with Crippen LogP contribution in [0.3, 0.4) is 0 Å². The zero-order chi connectivity index (χ0) is 27.9. The second kappa shape index (κ2) is 12.2. The van der Waals surface area contributed by atoms with Crippen molar-refractivity contribution in [3.05, 3.63) is 112 Å². The summed E-state index contributed by atoms with van der Waals surface area (Å²) < 4.78 is 30.2. The van der Waals surface area contributed by atoms with Crippen molar-refractivity contribution < 1.29 is 33.3 Å². The van der Waals surface area contributed by atoms with Gasteiger partial charge in [0.05, 0.1) is 14.2 Å². The summed E-state index contributed by atoms with van der Waals surface area (Å²) in [6.45, 7) is 0. The Labute approximate surface area is 228 Å². The average Bonchev–Trinajstić information content (AvgIpc) is 2.92. The average molecular weight is 551 g/mol. The predicted octanol–water partition coefficient (Wildman–Crippen LogP) is 7.01. The summed E-state index contributed by atoms with van der Waals surface area (Å²) in [5.41, 5.74) is 1.70. The van der Waals surface area contributed by atoms with Gasteiger partial charge < -0.3 is 30.0 Å². The van der Waals surface area contributed by atoms with Gasteiger partial charge in [0.15, 0.2) is 11.5 Å². The number of hydrogen-bond acceptors (Lipinski definition) is 5. The molecule has 39 heavy (non-hydrogen) atoms. The van der Waals surface area contributed by atoms with Gasteiger partial charge in [-0.25, -0.2) is 14.0 Å². The van der Waals surface area contributed by atoms with Gasteiger partial charge in [0.25, 0.3) is 0 Å². The molecule has 8 nitrogen and oxygen atoms in total. The molecule has 4 rings (SSSR count). The molecule has 0 fully saturated rings. The van der Waals surface area contributed by atoms with Gasteiger partial charge in [-0.1, -0.05) is 35.9 Å². The van der Waals surface area contributed by atoms with Gasteiger partial charge in [-0.2, -0.15) is 0 Å². The maximum atomic E-state index is 13.6. The highest BCUT2D eigenvalue weighted by Gasteiger charge is 2.21. The first kappa shape index (κ1) is 27.3. The van der Waals surface area contributed by atoms with Gasteiger partial charge in [0, 0.05) is 22.5 Å². The summed E-state index contributed by atoms with van der Waals surface area (Å²) in [6, 6.07) is 21.1. The fourth-order valence-corrected chi connectivity index (χ4v) is 4.05. The topological polar surface area (TPSA) is 106 Å². The monoisotopic (exact) mass is 550 g/mol. The third-order valence-corrected chi connectivity index (χ3v) is 5.91. The maximum absolute atomic E-state index is 13.6. The molecule has 0 saturated carbocycles. The van der Waals surface area contributed by atoms with Crippen molar-refractivity contribution >= 4 is 35.0 Å². The molecule has 0 aliphatic heterocycles. The third-order valence-electron chi connectivity index (χ3n) is 5.68. The van der Waals surface area contributed by atoms with Gasteiger partial charge in [-0.3, -0.25) is 0 Å². The summed E-state index contributed by atoms with van der Waals surface area (Å²) >= 11 is 6.18. The van der Waals surface area contributed by atoms with E-state index in [4.69, 9.17) is 25.8 Å². The van der Waals surface area contributed by atoms with Gasteiger partial charge in [-0.15, -0.1) is 0 Å². The molecular formula is C29H24ClFN2O6. The summed E-state index contributed by atoms with van der Waals surface area (Å²) in [6.07, 6.45) is -0.783. The fraction of sp³-hybridized carbons (Fsp3) is 0.103. The first-order valence-corrected chi connectivity index (χ1v) is 12.0. The summed E-state index contributed by atoms with van der Waals surface area (Å²) in [4.78, 5) is 24.7. The normalized spacial score (nSPS) is 11.3. The van der Waals surface area contributed by atoms with E-state index in [1.165, 1.54) is 44.6 Å². The smallest absolute Gasteiger partial charge is 0.339 e. The molecule has 10 heteroatoms. The van der Waals surface area contributed by atoms with Crippen LogP contribution in [0.2, 0.25) is 5.02 Å². The fourth-order valence-electron chi connectivity index (χ4n) is 3.85. The van der Waals surface area contributed by atoms with Crippen molar-refractivity contribution in [2.45, 2.75) is 6.10 Å². The molecule has 0 aromatic heterocycles. The van der Waals surface area contributed by atoms with Crippen molar-refractivity contribution in [1.82, 2.24) is 0 Å². The van der Waals surface area contributed by atoms with Crippen LogP contribution in [-0.4, -0.2) is 31.3 Å². The van der Waals surface area contributed by atoms with Gasteiger partial charge in [0.1, 0.15) is 23.2 Å². The Bertz CT molecular complexity index is 1500. The van der Waals surface area contributed by atoms with Crippen LogP contribution in [0, 0.1) is 5.82 Å². The number of carbonyl (C=O) groups excluding carboxylic acids is 1. The number of ether oxygens (including phenoxy) is 3. The highest BCUT2D eigenvalue weighted by Crippen LogP contribution is 2.34. The molecule has 0 aliphatic rings. The van der Waals surface area contributed by atoms with E-state index in [9.17, 15) is 19.1 Å². The van der Waals surface area contributed by atoms with E-state index in [0.29, 0.717) is 33.3 Å². The van der Waals surface area contributed by atoms with Crippen LogP contribution in [0.4, 0.5) is 20.6 Å². The Morgan fingerprint density at radius 1 is 0.795 bits per heavy atom. The van der Waals surface area contributed by atoms with Crippen LogP contribution in [0.1, 0.15) is 27.6 Å². The first-order valence-electron chi connectivity index (χ1n) is 11.6. The minimum atomic E-state index is -1.27. The van der Waals surface area contributed by atoms with Crippen molar-refractivity contribution in [3.8, 4) is 17.2 Å². The van der Waals surface area contributed by atoms with Crippen LogP contribution in [-0.2, 0) is 0 Å². The Hall–Kier alpha value is -4.76. The maximum Gasteiger partial charge on any atom is 0.339 e. The van der Waals surface area contributed by atoms with Crippen LogP contribution in [0.15, 0.2) is 84.9 Å². The van der Waals surface area contributed by atoms with Gasteiger partial charge in [0.2, 0.25) is 0 Å². The van der Waals surface area contributed by atoms with Crippen molar-refractivity contribution in [2.75, 3.05) is 24.9 Å². The Kier molecular flexibility index (Phi) is 8.53. The number of aromatic carboxylic acids is 1. The quantitative estimate of drug-likeness (QED) is 0.207. The van der Waals surface area contributed by atoms with Crippen LogP contribution < -0.4 is 24.8 Å². The van der Waals surface area contributed by atoms with E-state index in [1.54, 1.807) is 54.6 Å². The molecular weight excluding hydrogens is 527 g/mol. The number of hydrogen-bond donors (Lipinski definition) is 3. The number of carboxylic acid groups (broad SMARTS) is 1. The minimum Gasteiger partial charge on any atom is -0.493 e. The van der Waals surface area contributed by atoms with Crippen LogP contribution in [0.25, 0.3) is 0 Å². The molecule has 0 spiro atoms. The number of amides is 2. The van der Waals surface area contributed by atoms with Crippen molar-refractivity contribution in [3.63, 3.8) is 0 Å². The van der Waals surface area contributed by atoms with E-state index in [2.05, 4.69) is 10.6 Å². The Morgan fingerprint density at radius 3 is 2.05 bits per heavy atom. The Morgan fingerprint density at radius 2 is 1.44 bits per heavy atom. The van der Waals surface area contributed by atoms with E-state index in [0.717, 1.165) is 0 Å². The summed E-state index contributed by atoms with van der Waals surface area (Å²) in [7, 11) is 2.98. The van der Waals surface area contributed by atoms with Gasteiger partial charge >= 0.3 is 12.0 Å². The number of benzene rings is 4. The molecule has 3 N–H and O–H groups in total. The lowest BCUT2D eigenvalue weighted by Gasteiger charge is -2.22. The Balaban J connectivity index is 1.58. The molecule has 1 atom stereocenters. The molecule has 0 heterocycles. The highest BCUT2D eigenvalue weighted by molar-refractivity contribution is 6.30. The number of carbonyl (C=O) groups is 2. The first-order chi connectivity index (χ1) is 18.8. The molecule has 0 bridgehead atoms. The molecule has 0 radical (unpaired) electrons. The number of methoxy groups -OCH3 is 2. The predicted molar refractivity (Wildman–Crippen MR) is 146 cm³/mol. The zero-order valence-corrected chi connectivity index (χ0v) is 21.7. The number of nitrogens with one attached hydrogen (secondary N) is 2. The molecule has 1 unspecified atom stereocenters. The molecule has 0 saturated heterocycles. The second-order valence-corrected chi connectivity index (χ2v) is 8.71. The number of carboxylic acids is 1. The largest absolute Gasteiger partial charge is 0.493 e. The lowest BCUT2D eigenvalue weighted by molar-refractivity contribution is 0.0690.